The summed E-state index contributed by atoms with van der Waals surface area (Å²) < 4.78 is 0.835. The second-order valence-corrected chi connectivity index (χ2v) is 5.51. The third-order valence-corrected chi connectivity index (χ3v) is 2.41. The van der Waals surface area contributed by atoms with Gasteiger partial charge in [0.1, 0.15) is 0 Å². The Morgan fingerprint density at radius 3 is 2.33 bits per heavy atom. The van der Waals surface area contributed by atoms with E-state index in [0.29, 0.717) is 5.57 Å². The summed E-state index contributed by atoms with van der Waals surface area (Å²) in [6.45, 7) is 0. The van der Waals surface area contributed by atoms with Gasteiger partial charge in [-0.05, 0) is 44.1 Å². The first-order valence-corrected chi connectivity index (χ1v) is 5.18. The van der Waals surface area contributed by atoms with E-state index in [2.05, 4.69) is 38.5 Å². The maximum absolute atomic E-state index is 10.7. The number of aldehydes is 1. The van der Waals surface area contributed by atoms with Gasteiger partial charge in [-0.15, -0.1) is 0 Å². The molecule has 12 heavy (non-hydrogen) atoms. The van der Waals surface area contributed by atoms with Gasteiger partial charge in [-0.1, -0.05) is 30.3 Å². The zero-order chi connectivity index (χ0) is 8.97. The number of hydrogen-bond acceptors (Lipinski definition) is 1. The Hall–Kier alpha value is -0.160. The molecule has 0 fully saturated rings. The molecule has 1 aromatic rings. The van der Waals surface area contributed by atoms with Crippen molar-refractivity contribution in [2.24, 2.45) is 0 Å². The van der Waals surface area contributed by atoms with Crippen LogP contribution < -0.4 is 0 Å². The lowest BCUT2D eigenvalue weighted by Crippen LogP contribution is -1.84. The molecule has 0 saturated carbocycles. The van der Waals surface area contributed by atoms with E-state index in [1.807, 2.05) is 30.3 Å². The fourth-order valence-corrected chi connectivity index (χ4v) is 1.60. The van der Waals surface area contributed by atoms with Crippen molar-refractivity contribution in [1.29, 1.82) is 0 Å². The Kier molecular flexibility index (Phi) is 3.94. The molecule has 0 unspecified atom stereocenters. The molecule has 0 amide bonds. The van der Waals surface area contributed by atoms with Crippen molar-refractivity contribution < 1.29 is 4.79 Å². The third-order valence-electron chi connectivity index (χ3n) is 1.41. The standard InChI is InChI=1S/C9H6BrIO/c10-9(11)8(6-12)7-4-2-1-3-5-7/h1-6H/b9-8-. The van der Waals surface area contributed by atoms with Crippen LogP contribution in [0, 0.1) is 0 Å². The Labute approximate surface area is 93.1 Å². The van der Waals surface area contributed by atoms with Crippen LogP contribution in [0.2, 0.25) is 0 Å². The molecule has 0 saturated heterocycles. The van der Waals surface area contributed by atoms with E-state index in [1.165, 1.54) is 0 Å². The van der Waals surface area contributed by atoms with Gasteiger partial charge in [0.15, 0.2) is 6.29 Å². The first kappa shape index (κ1) is 9.92. The third kappa shape index (κ3) is 2.42. The maximum Gasteiger partial charge on any atom is 0.152 e. The average Bonchev–Trinajstić information content (AvgIpc) is 2.07. The minimum atomic E-state index is 0.691. The van der Waals surface area contributed by atoms with Crippen LogP contribution in [0.15, 0.2) is 32.8 Å². The summed E-state index contributed by atoms with van der Waals surface area (Å²) in [6.07, 6.45) is 0.853. The zero-order valence-electron chi connectivity index (χ0n) is 6.13. The van der Waals surface area contributed by atoms with E-state index >= 15 is 0 Å². The highest BCUT2D eigenvalue weighted by atomic mass is 127. The number of carbonyl (C=O) groups excluding carboxylic acids is 1. The molecule has 0 N–H and O–H groups in total. The first-order chi connectivity index (χ1) is 5.75. The lowest BCUT2D eigenvalue weighted by Gasteiger charge is -1.98. The van der Waals surface area contributed by atoms with Crippen LogP contribution >= 0.6 is 38.5 Å². The van der Waals surface area contributed by atoms with E-state index in [4.69, 9.17) is 0 Å². The summed E-state index contributed by atoms with van der Waals surface area (Å²) in [5.74, 6) is 0. The molecule has 0 heterocycles. The predicted molar refractivity (Wildman–Crippen MR) is 62.4 cm³/mol. The van der Waals surface area contributed by atoms with Crippen LogP contribution in [0.5, 0.6) is 0 Å². The Morgan fingerprint density at radius 2 is 1.92 bits per heavy atom. The minimum Gasteiger partial charge on any atom is -0.298 e. The fourth-order valence-electron chi connectivity index (χ4n) is 0.839. The maximum atomic E-state index is 10.7. The highest BCUT2D eigenvalue weighted by Crippen LogP contribution is 2.25. The molecule has 0 spiro atoms. The van der Waals surface area contributed by atoms with E-state index < -0.39 is 0 Å². The van der Waals surface area contributed by atoms with Crippen LogP contribution in [0.25, 0.3) is 5.57 Å². The van der Waals surface area contributed by atoms with Crippen molar-refractivity contribution in [2.75, 3.05) is 0 Å². The van der Waals surface area contributed by atoms with E-state index in [0.717, 1.165) is 14.3 Å². The highest BCUT2D eigenvalue weighted by molar-refractivity contribution is 14.1. The lowest BCUT2D eigenvalue weighted by molar-refractivity contribution is -0.103. The molecular weight excluding hydrogens is 331 g/mol. The van der Waals surface area contributed by atoms with Crippen LogP contribution in [0.1, 0.15) is 5.56 Å². The zero-order valence-corrected chi connectivity index (χ0v) is 9.87. The van der Waals surface area contributed by atoms with Crippen LogP contribution in [-0.4, -0.2) is 6.29 Å². The topological polar surface area (TPSA) is 17.1 Å². The quantitative estimate of drug-likeness (QED) is 0.459. The van der Waals surface area contributed by atoms with Crippen molar-refractivity contribution in [1.82, 2.24) is 0 Å². The summed E-state index contributed by atoms with van der Waals surface area (Å²) in [6, 6.07) is 9.55. The van der Waals surface area contributed by atoms with Crippen molar-refractivity contribution in [3.8, 4) is 0 Å². The summed E-state index contributed by atoms with van der Waals surface area (Å²) in [4.78, 5) is 10.7. The fraction of sp³-hybridized carbons (Fsp3) is 0. The number of benzene rings is 1. The monoisotopic (exact) mass is 336 g/mol. The van der Waals surface area contributed by atoms with E-state index in [1.54, 1.807) is 0 Å². The van der Waals surface area contributed by atoms with Crippen LogP contribution in [0.4, 0.5) is 0 Å². The van der Waals surface area contributed by atoms with Gasteiger partial charge in [-0.25, -0.2) is 0 Å². The molecule has 0 radical (unpaired) electrons. The van der Waals surface area contributed by atoms with Gasteiger partial charge in [-0.3, -0.25) is 4.79 Å². The number of hydrogen-bond donors (Lipinski definition) is 0. The number of allylic oxidation sites excluding steroid dienone is 1. The number of carbonyl (C=O) groups is 1. The summed E-state index contributed by atoms with van der Waals surface area (Å²) >= 11 is 5.35. The lowest BCUT2D eigenvalue weighted by atomic mass is 10.1. The average molecular weight is 337 g/mol. The number of rotatable bonds is 2. The van der Waals surface area contributed by atoms with Crippen molar-refractivity contribution in [3.63, 3.8) is 0 Å². The first-order valence-electron chi connectivity index (χ1n) is 3.31. The van der Waals surface area contributed by atoms with Gasteiger partial charge >= 0.3 is 0 Å². The highest BCUT2D eigenvalue weighted by Gasteiger charge is 2.02. The molecule has 0 aliphatic rings. The van der Waals surface area contributed by atoms with Gasteiger partial charge in [0.2, 0.25) is 0 Å². The number of halogens is 2. The molecule has 0 aromatic heterocycles. The molecule has 1 rings (SSSR count). The molecule has 62 valence electrons. The summed E-state index contributed by atoms with van der Waals surface area (Å²) in [7, 11) is 0. The molecule has 0 atom stereocenters. The Bertz CT molecular complexity index is 302. The second kappa shape index (κ2) is 4.77. The largest absolute Gasteiger partial charge is 0.298 e. The van der Waals surface area contributed by atoms with Crippen molar-refractivity contribution in [3.05, 3.63) is 38.4 Å². The van der Waals surface area contributed by atoms with E-state index in [9.17, 15) is 4.79 Å². The predicted octanol–water partition coefficient (Wildman–Crippen LogP) is 3.38. The molecule has 0 aliphatic carbocycles. The minimum absolute atomic E-state index is 0.691. The normalized spacial score (nSPS) is 12.2. The van der Waals surface area contributed by atoms with Gasteiger partial charge in [0.05, 0.1) is 2.49 Å². The summed E-state index contributed by atoms with van der Waals surface area (Å²) in [5, 5.41) is 0. The van der Waals surface area contributed by atoms with Gasteiger partial charge < -0.3 is 0 Å². The molecule has 3 heteroatoms. The van der Waals surface area contributed by atoms with Crippen molar-refractivity contribution in [2.45, 2.75) is 0 Å². The smallest absolute Gasteiger partial charge is 0.152 e. The van der Waals surface area contributed by atoms with Gasteiger partial charge in [0.25, 0.3) is 0 Å². The van der Waals surface area contributed by atoms with Gasteiger partial charge in [-0.2, -0.15) is 0 Å². The van der Waals surface area contributed by atoms with Crippen LogP contribution in [-0.2, 0) is 4.79 Å². The Morgan fingerprint density at radius 1 is 1.33 bits per heavy atom. The molecule has 0 aliphatic heterocycles. The summed E-state index contributed by atoms with van der Waals surface area (Å²) in [5.41, 5.74) is 1.63. The second-order valence-electron chi connectivity index (χ2n) is 2.16. The van der Waals surface area contributed by atoms with Crippen molar-refractivity contribution >= 4 is 50.4 Å². The van der Waals surface area contributed by atoms with Gasteiger partial charge in [0, 0.05) is 5.57 Å². The Balaban J connectivity index is 3.14. The molecule has 1 nitrogen and oxygen atoms in total. The SMILES string of the molecule is O=C/C(=C(\Br)I)c1ccccc1. The van der Waals surface area contributed by atoms with Crippen LogP contribution in [0.3, 0.4) is 0 Å². The molecule has 0 bridgehead atoms. The van der Waals surface area contributed by atoms with E-state index in [-0.39, 0.29) is 0 Å². The molecule has 1 aromatic carbocycles. The molecular formula is C9H6BrIO.